The summed E-state index contributed by atoms with van der Waals surface area (Å²) < 4.78 is 2.61. The van der Waals surface area contributed by atoms with Crippen LogP contribution in [0.3, 0.4) is 0 Å². The third-order valence-corrected chi connectivity index (χ3v) is 3.32. The first-order chi connectivity index (χ1) is 7.08. The van der Waals surface area contributed by atoms with Gasteiger partial charge in [0.25, 0.3) is 0 Å². The van der Waals surface area contributed by atoms with Crippen molar-refractivity contribution < 1.29 is 0 Å². The summed E-state index contributed by atoms with van der Waals surface area (Å²) in [7, 11) is 1.85. The number of aryl methyl sites for hydroxylation is 2. The van der Waals surface area contributed by atoms with Crippen LogP contribution in [0.25, 0.3) is 11.5 Å². The highest BCUT2D eigenvalue weighted by Crippen LogP contribution is 2.20. The molecular formula is C9H10IN5. The summed E-state index contributed by atoms with van der Waals surface area (Å²) in [6, 6.07) is 1.86. The number of hydrogen-bond donors (Lipinski definition) is 1. The van der Waals surface area contributed by atoms with Gasteiger partial charge in [-0.25, -0.2) is 9.97 Å². The first-order valence-electron chi connectivity index (χ1n) is 4.37. The molecule has 0 aliphatic rings. The Bertz CT molecular complexity index is 482. The minimum absolute atomic E-state index is 0.503. The van der Waals surface area contributed by atoms with Crippen LogP contribution in [0.4, 0.5) is 5.82 Å². The Morgan fingerprint density at radius 1 is 1.40 bits per heavy atom. The average molecular weight is 315 g/mol. The molecule has 0 saturated carbocycles. The fourth-order valence-corrected chi connectivity index (χ4v) is 1.47. The van der Waals surface area contributed by atoms with E-state index in [-0.39, 0.29) is 0 Å². The molecule has 0 atom stereocenters. The average Bonchev–Trinajstić information content (AvgIpc) is 2.60. The van der Waals surface area contributed by atoms with E-state index < -0.39 is 0 Å². The molecule has 0 unspecified atom stereocenters. The lowest BCUT2D eigenvalue weighted by molar-refractivity contribution is 0.768. The molecule has 2 rings (SSSR count). The second kappa shape index (κ2) is 3.76. The molecular weight excluding hydrogens is 305 g/mol. The monoisotopic (exact) mass is 315 g/mol. The first-order valence-corrected chi connectivity index (χ1v) is 5.45. The maximum Gasteiger partial charge on any atom is 0.182 e. The Balaban J connectivity index is 2.55. The summed E-state index contributed by atoms with van der Waals surface area (Å²) in [5.74, 6) is 1.08. The van der Waals surface area contributed by atoms with E-state index in [1.807, 2.05) is 26.2 Å². The Morgan fingerprint density at radius 2 is 2.13 bits per heavy atom. The van der Waals surface area contributed by atoms with Crippen LogP contribution >= 0.6 is 22.6 Å². The van der Waals surface area contributed by atoms with Crippen molar-refractivity contribution >= 4 is 28.4 Å². The molecule has 2 aromatic rings. The summed E-state index contributed by atoms with van der Waals surface area (Å²) in [4.78, 5) is 8.54. The van der Waals surface area contributed by atoms with Crippen LogP contribution in [-0.2, 0) is 7.05 Å². The van der Waals surface area contributed by atoms with Crippen molar-refractivity contribution in [3.63, 3.8) is 0 Å². The number of nitrogen functional groups attached to an aromatic ring is 1. The smallest absolute Gasteiger partial charge is 0.182 e. The summed E-state index contributed by atoms with van der Waals surface area (Å²) in [6.45, 7) is 1.91. The van der Waals surface area contributed by atoms with Crippen LogP contribution in [0.2, 0.25) is 0 Å². The summed E-state index contributed by atoms with van der Waals surface area (Å²) in [6.07, 6.45) is 1.85. The van der Waals surface area contributed by atoms with Gasteiger partial charge in [0.2, 0.25) is 0 Å². The van der Waals surface area contributed by atoms with E-state index in [1.54, 1.807) is 4.68 Å². The van der Waals surface area contributed by atoms with Crippen molar-refractivity contribution in [2.45, 2.75) is 6.92 Å². The number of nitrogens with zero attached hydrogens (tertiary/aromatic N) is 4. The van der Waals surface area contributed by atoms with Gasteiger partial charge >= 0.3 is 0 Å². The second-order valence-corrected chi connectivity index (χ2v) is 4.29. The highest BCUT2D eigenvalue weighted by molar-refractivity contribution is 14.1. The van der Waals surface area contributed by atoms with Gasteiger partial charge < -0.3 is 5.73 Å². The third kappa shape index (κ3) is 1.94. The zero-order chi connectivity index (χ0) is 11.0. The maximum atomic E-state index is 5.77. The van der Waals surface area contributed by atoms with Crippen LogP contribution in [0.5, 0.6) is 0 Å². The molecule has 0 amide bonds. The topological polar surface area (TPSA) is 69.6 Å². The predicted octanol–water partition coefficient (Wildman–Crippen LogP) is 1.37. The van der Waals surface area contributed by atoms with Gasteiger partial charge in [-0.3, -0.25) is 4.68 Å². The van der Waals surface area contributed by atoms with E-state index in [0.717, 1.165) is 15.0 Å². The molecule has 2 aromatic heterocycles. The van der Waals surface area contributed by atoms with Crippen molar-refractivity contribution in [3.8, 4) is 11.5 Å². The van der Waals surface area contributed by atoms with E-state index >= 15 is 0 Å². The first kappa shape index (κ1) is 10.3. The SMILES string of the molecule is Cc1nc(-c2ccn(C)n2)nc(N)c1I. The summed E-state index contributed by atoms with van der Waals surface area (Å²) >= 11 is 2.13. The fourth-order valence-electron chi connectivity index (χ4n) is 1.23. The zero-order valence-electron chi connectivity index (χ0n) is 8.40. The maximum absolute atomic E-state index is 5.77. The summed E-state index contributed by atoms with van der Waals surface area (Å²) in [5.41, 5.74) is 7.39. The molecule has 6 heteroatoms. The summed E-state index contributed by atoms with van der Waals surface area (Å²) in [5, 5.41) is 4.23. The molecule has 78 valence electrons. The van der Waals surface area contributed by atoms with Gasteiger partial charge in [0.05, 0.1) is 9.26 Å². The Kier molecular flexibility index (Phi) is 2.59. The molecule has 15 heavy (non-hydrogen) atoms. The van der Waals surface area contributed by atoms with Crippen molar-refractivity contribution in [1.82, 2.24) is 19.7 Å². The van der Waals surface area contributed by atoms with Gasteiger partial charge in [0.1, 0.15) is 11.5 Å². The highest BCUT2D eigenvalue weighted by atomic mass is 127. The molecule has 0 aromatic carbocycles. The molecule has 0 aliphatic carbocycles. The second-order valence-electron chi connectivity index (χ2n) is 3.21. The normalized spacial score (nSPS) is 10.6. The van der Waals surface area contributed by atoms with Crippen LogP contribution in [0, 0.1) is 10.5 Å². The Hall–Kier alpha value is -1.18. The van der Waals surface area contributed by atoms with Crippen molar-refractivity contribution in [3.05, 3.63) is 21.5 Å². The van der Waals surface area contributed by atoms with Gasteiger partial charge in [0.15, 0.2) is 5.82 Å². The van der Waals surface area contributed by atoms with Gasteiger partial charge in [-0.2, -0.15) is 5.10 Å². The standard InChI is InChI=1S/C9H10IN5/c1-5-7(10)8(11)13-9(12-5)6-3-4-15(2)14-6/h3-4H,1-2H3,(H2,11,12,13). The van der Waals surface area contributed by atoms with Crippen molar-refractivity contribution in [2.75, 3.05) is 5.73 Å². The number of anilines is 1. The lowest BCUT2D eigenvalue weighted by atomic mass is 10.3. The quantitative estimate of drug-likeness (QED) is 0.807. The molecule has 0 radical (unpaired) electrons. The van der Waals surface area contributed by atoms with Crippen molar-refractivity contribution in [1.29, 1.82) is 0 Å². The van der Waals surface area contributed by atoms with Gasteiger partial charge in [0, 0.05) is 13.2 Å². The number of hydrogen-bond acceptors (Lipinski definition) is 4. The minimum Gasteiger partial charge on any atom is -0.383 e. The number of rotatable bonds is 1. The largest absolute Gasteiger partial charge is 0.383 e. The lowest BCUT2D eigenvalue weighted by Crippen LogP contribution is -2.02. The van der Waals surface area contributed by atoms with E-state index in [4.69, 9.17) is 5.73 Å². The Labute approximate surface area is 101 Å². The molecule has 0 aliphatic heterocycles. The molecule has 2 heterocycles. The van der Waals surface area contributed by atoms with Gasteiger partial charge in [-0.15, -0.1) is 0 Å². The predicted molar refractivity (Wildman–Crippen MR) is 66.1 cm³/mol. The third-order valence-electron chi connectivity index (χ3n) is 1.99. The van der Waals surface area contributed by atoms with Crippen LogP contribution in [-0.4, -0.2) is 19.7 Å². The molecule has 2 N–H and O–H groups in total. The number of aromatic nitrogens is 4. The molecule has 0 saturated heterocycles. The van der Waals surface area contributed by atoms with Crippen LogP contribution < -0.4 is 5.73 Å². The van der Waals surface area contributed by atoms with Gasteiger partial charge in [-0.05, 0) is 35.6 Å². The number of halogens is 1. The van der Waals surface area contributed by atoms with E-state index in [2.05, 4.69) is 37.7 Å². The molecule has 0 fully saturated rings. The fraction of sp³-hybridized carbons (Fsp3) is 0.222. The Morgan fingerprint density at radius 3 is 2.67 bits per heavy atom. The highest BCUT2D eigenvalue weighted by Gasteiger charge is 2.09. The van der Waals surface area contributed by atoms with E-state index in [1.165, 1.54) is 0 Å². The minimum atomic E-state index is 0.503. The molecule has 5 nitrogen and oxygen atoms in total. The lowest BCUT2D eigenvalue weighted by Gasteiger charge is -2.03. The van der Waals surface area contributed by atoms with Crippen molar-refractivity contribution in [2.24, 2.45) is 7.05 Å². The van der Waals surface area contributed by atoms with Crippen LogP contribution in [0.1, 0.15) is 5.69 Å². The molecule has 0 spiro atoms. The van der Waals surface area contributed by atoms with Gasteiger partial charge in [-0.1, -0.05) is 0 Å². The molecule has 0 bridgehead atoms. The van der Waals surface area contributed by atoms with E-state index in [0.29, 0.717) is 11.6 Å². The van der Waals surface area contributed by atoms with Crippen LogP contribution in [0.15, 0.2) is 12.3 Å². The zero-order valence-corrected chi connectivity index (χ0v) is 10.6. The van der Waals surface area contributed by atoms with E-state index in [9.17, 15) is 0 Å². The number of nitrogens with two attached hydrogens (primary N) is 1.